The van der Waals surface area contributed by atoms with Crippen LogP contribution >= 0.6 is 0 Å². The molecule has 29 heavy (non-hydrogen) atoms. The molecular formula is C23H21N5O. The highest BCUT2D eigenvalue weighted by molar-refractivity contribution is 5.93. The maximum atomic E-state index is 12.6. The number of carbonyl (C=O) groups is 1. The number of hydrogen-bond acceptors (Lipinski definition) is 4. The van der Waals surface area contributed by atoms with Crippen LogP contribution in [0.4, 0.5) is 5.69 Å². The summed E-state index contributed by atoms with van der Waals surface area (Å²) in [4.78, 5) is 14.3. The van der Waals surface area contributed by atoms with Gasteiger partial charge in [0.2, 0.25) is 11.7 Å². The van der Waals surface area contributed by atoms with E-state index in [1.807, 2.05) is 85.9 Å². The van der Waals surface area contributed by atoms with Gasteiger partial charge in [-0.3, -0.25) is 4.79 Å². The second-order valence-electron chi connectivity index (χ2n) is 6.77. The van der Waals surface area contributed by atoms with Gasteiger partial charge in [0.15, 0.2) is 0 Å². The van der Waals surface area contributed by atoms with Crippen molar-refractivity contribution >= 4 is 11.6 Å². The lowest BCUT2D eigenvalue weighted by Gasteiger charge is -2.18. The van der Waals surface area contributed by atoms with E-state index in [2.05, 4.69) is 20.6 Å². The lowest BCUT2D eigenvalue weighted by atomic mass is 9.99. The molecular weight excluding hydrogens is 362 g/mol. The average molecular weight is 383 g/mol. The first kappa shape index (κ1) is 18.6. The zero-order chi connectivity index (χ0) is 20.1. The van der Waals surface area contributed by atoms with Crippen LogP contribution in [-0.4, -0.2) is 33.6 Å². The van der Waals surface area contributed by atoms with Crippen LogP contribution < -0.4 is 4.90 Å². The quantitative estimate of drug-likeness (QED) is 0.543. The van der Waals surface area contributed by atoms with Crippen molar-refractivity contribution in [1.29, 1.82) is 0 Å². The van der Waals surface area contributed by atoms with Crippen molar-refractivity contribution in [2.45, 2.75) is 12.8 Å². The summed E-state index contributed by atoms with van der Waals surface area (Å²) < 4.78 is 0. The standard InChI is InChI=1S/C23H21N5O/c1-28(22(29)16-11-17-7-3-2-4-8-17)19-14-12-18(13-15-19)20-9-5-6-10-21(20)23-24-26-27-25-23/h2-10,12-15H,11,16H2,1H3,(H,24,25,26,27). The molecule has 0 atom stereocenters. The molecule has 0 saturated carbocycles. The van der Waals surface area contributed by atoms with Gasteiger partial charge in [-0.15, -0.1) is 10.2 Å². The summed E-state index contributed by atoms with van der Waals surface area (Å²) in [7, 11) is 1.82. The maximum absolute atomic E-state index is 12.6. The molecule has 0 aliphatic carbocycles. The van der Waals surface area contributed by atoms with Crippen molar-refractivity contribution < 1.29 is 4.79 Å². The molecule has 0 aliphatic heterocycles. The largest absolute Gasteiger partial charge is 0.315 e. The number of aryl methyl sites for hydroxylation is 1. The molecule has 0 radical (unpaired) electrons. The van der Waals surface area contributed by atoms with Crippen LogP contribution in [0.25, 0.3) is 22.5 Å². The lowest BCUT2D eigenvalue weighted by Crippen LogP contribution is -2.26. The van der Waals surface area contributed by atoms with Crippen LogP contribution in [0.3, 0.4) is 0 Å². The Balaban J connectivity index is 1.49. The molecule has 6 heteroatoms. The van der Waals surface area contributed by atoms with Crippen LogP contribution in [0.2, 0.25) is 0 Å². The Labute approximate surface area is 169 Å². The molecule has 1 aromatic heterocycles. The number of amides is 1. The highest BCUT2D eigenvalue weighted by atomic mass is 16.2. The van der Waals surface area contributed by atoms with Gasteiger partial charge in [0.25, 0.3) is 0 Å². The van der Waals surface area contributed by atoms with E-state index in [9.17, 15) is 4.79 Å². The van der Waals surface area contributed by atoms with Crippen LogP contribution in [0, 0.1) is 0 Å². The molecule has 6 nitrogen and oxygen atoms in total. The minimum atomic E-state index is 0.0915. The summed E-state index contributed by atoms with van der Waals surface area (Å²) in [5.41, 5.74) is 4.98. The third-order valence-electron chi connectivity index (χ3n) is 4.92. The fraction of sp³-hybridized carbons (Fsp3) is 0.130. The summed E-state index contributed by atoms with van der Waals surface area (Å²) in [5.74, 6) is 0.645. The molecule has 4 rings (SSSR count). The molecule has 0 unspecified atom stereocenters. The molecule has 1 N–H and O–H groups in total. The molecule has 3 aromatic carbocycles. The fourth-order valence-electron chi connectivity index (χ4n) is 3.28. The van der Waals surface area contributed by atoms with Crippen LogP contribution in [0.15, 0.2) is 78.9 Å². The first-order valence-corrected chi connectivity index (χ1v) is 9.46. The highest BCUT2D eigenvalue weighted by Gasteiger charge is 2.13. The summed E-state index contributed by atoms with van der Waals surface area (Å²) in [6, 6.07) is 25.9. The molecule has 144 valence electrons. The second kappa shape index (κ2) is 8.48. The number of carbonyl (C=O) groups excluding carboxylic acids is 1. The van der Waals surface area contributed by atoms with Crippen molar-refractivity contribution in [3.8, 4) is 22.5 Å². The van der Waals surface area contributed by atoms with E-state index in [-0.39, 0.29) is 5.91 Å². The Morgan fingerprint density at radius 1 is 0.897 bits per heavy atom. The monoisotopic (exact) mass is 383 g/mol. The number of tetrazole rings is 1. The van der Waals surface area contributed by atoms with Gasteiger partial charge in [-0.2, -0.15) is 5.21 Å². The van der Waals surface area contributed by atoms with Crippen LogP contribution in [0.1, 0.15) is 12.0 Å². The molecule has 0 bridgehead atoms. The fourth-order valence-corrected chi connectivity index (χ4v) is 3.28. The van der Waals surface area contributed by atoms with Gasteiger partial charge in [0.05, 0.1) is 0 Å². The minimum Gasteiger partial charge on any atom is -0.315 e. The van der Waals surface area contributed by atoms with Crippen molar-refractivity contribution in [1.82, 2.24) is 20.6 Å². The van der Waals surface area contributed by atoms with Gasteiger partial charge in [-0.05, 0) is 40.5 Å². The summed E-state index contributed by atoms with van der Waals surface area (Å²) in [5, 5.41) is 14.3. The second-order valence-corrected chi connectivity index (χ2v) is 6.77. The molecule has 0 fully saturated rings. The van der Waals surface area contributed by atoms with Gasteiger partial charge < -0.3 is 4.90 Å². The van der Waals surface area contributed by atoms with E-state index < -0.39 is 0 Å². The smallest absolute Gasteiger partial charge is 0.227 e. The molecule has 0 spiro atoms. The lowest BCUT2D eigenvalue weighted by molar-refractivity contribution is -0.118. The summed E-state index contributed by atoms with van der Waals surface area (Å²) in [6.07, 6.45) is 1.21. The number of nitrogens with one attached hydrogen (secondary N) is 1. The van der Waals surface area contributed by atoms with Gasteiger partial charge in [-0.1, -0.05) is 66.7 Å². The van der Waals surface area contributed by atoms with E-state index in [4.69, 9.17) is 0 Å². The van der Waals surface area contributed by atoms with Crippen LogP contribution in [-0.2, 0) is 11.2 Å². The zero-order valence-electron chi connectivity index (χ0n) is 16.1. The summed E-state index contributed by atoms with van der Waals surface area (Å²) >= 11 is 0. The van der Waals surface area contributed by atoms with Crippen LogP contribution in [0.5, 0.6) is 0 Å². The zero-order valence-corrected chi connectivity index (χ0v) is 16.1. The first-order valence-electron chi connectivity index (χ1n) is 9.46. The Morgan fingerprint density at radius 2 is 1.59 bits per heavy atom. The maximum Gasteiger partial charge on any atom is 0.227 e. The van der Waals surface area contributed by atoms with Crippen molar-refractivity contribution in [3.05, 3.63) is 84.4 Å². The Bertz CT molecular complexity index is 1080. The first-order chi connectivity index (χ1) is 14.2. The van der Waals surface area contributed by atoms with E-state index in [0.29, 0.717) is 12.2 Å². The van der Waals surface area contributed by atoms with E-state index in [1.165, 1.54) is 5.56 Å². The predicted molar refractivity (Wildman–Crippen MR) is 113 cm³/mol. The molecule has 0 aliphatic rings. The molecule has 4 aromatic rings. The number of anilines is 1. The van der Waals surface area contributed by atoms with Gasteiger partial charge in [-0.25, -0.2) is 0 Å². The molecule has 1 heterocycles. The number of rotatable bonds is 6. The molecule has 0 saturated heterocycles. The topological polar surface area (TPSA) is 74.8 Å². The number of H-pyrrole nitrogens is 1. The van der Waals surface area contributed by atoms with Gasteiger partial charge >= 0.3 is 0 Å². The average Bonchev–Trinajstić information content (AvgIpc) is 3.33. The molecule has 1 amide bonds. The van der Waals surface area contributed by atoms with Gasteiger partial charge in [0, 0.05) is 24.7 Å². The van der Waals surface area contributed by atoms with Crippen molar-refractivity contribution in [2.24, 2.45) is 0 Å². The summed E-state index contributed by atoms with van der Waals surface area (Å²) in [6.45, 7) is 0. The SMILES string of the molecule is CN(C(=O)CCc1ccccc1)c1ccc(-c2ccccc2-c2nn[nH]n2)cc1. The number of aromatic nitrogens is 4. The third kappa shape index (κ3) is 4.21. The number of nitrogens with zero attached hydrogens (tertiary/aromatic N) is 4. The van der Waals surface area contributed by atoms with Crippen molar-refractivity contribution in [2.75, 3.05) is 11.9 Å². The van der Waals surface area contributed by atoms with E-state index >= 15 is 0 Å². The minimum absolute atomic E-state index is 0.0915. The predicted octanol–water partition coefficient (Wildman–Crippen LogP) is 4.13. The Hall–Kier alpha value is -3.80. The highest BCUT2D eigenvalue weighted by Crippen LogP contribution is 2.30. The Morgan fingerprint density at radius 3 is 2.28 bits per heavy atom. The van der Waals surface area contributed by atoms with Gasteiger partial charge in [0.1, 0.15) is 0 Å². The number of benzene rings is 3. The van der Waals surface area contributed by atoms with Crippen molar-refractivity contribution in [3.63, 3.8) is 0 Å². The third-order valence-corrected chi connectivity index (χ3v) is 4.92. The number of aromatic amines is 1. The Kier molecular flexibility index (Phi) is 5.42. The number of hydrogen-bond donors (Lipinski definition) is 1. The van der Waals surface area contributed by atoms with E-state index in [1.54, 1.807) is 4.90 Å². The normalized spacial score (nSPS) is 10.7. The van der Waals surface area contributed by atoms with E-state index in [0.717, 1.165) is 28.8 Å².